The van der Waals surface area contributed by atoms with Crippen LogP contribution in [0.25, 0.3) is 0 Å². The van der Waals surface area contributed by atoms with Crippen LogP contribution in [0, 0.1) is 5.92 Å². The Hall–Kier alpha value is -0.610. The quantitative estimate of drug-likeness (QED) is 0.791. The second-order valence-electron chi connectivity index (χ2n) is 5.79. The zero-order valence-electron chi connectivity index (χ0n) is 11.4. The van der Waals surface area contributed by atoms with Crippen molar-refractivity contribution in [3.05, 3.63) is 0 Å². The standard InChI is InChI=1S/C14H26N2O2/c1-11(17)12-6-9-16(10-7-12)14(18)5-4-13-3-2-8-15-13/h11-13,15,17H,2-10H2,1H3. The molecule has 2 N–H and O–H groups in total. The molecule has 0 aromatic heterocycles. The highest BCUT2D eigenvalue weighted by Crippen LogP contribution is 2.21. The van der Waals surface area contributed by atoms with Gasteiger partial charge in [0.2, 0.25) is 5.91 Å². The summed E-state index contributed by atoms with van der Waals surface area (Å²) in [7, 11) is 0. The third-order valence-electron chi connectivity index (χ3n) is 4.44. The third kappa shape index (κ3) is 3.69. The van der Waals surface area contributed by atoms with E-state index in [1.165, 1.54) is 12.8 Å². The Balaban J connectivity index is 1.67. The molecular formula is C14H26N2O2. The molecule has 2 atom stereocenters. The summed E-state index contributed by atoms with van der Waals surface area (Å²) >= 11 is 0. The number of rotatable bonds is 4. The van der Waals surface area contributed by atoms with Crippen molar-refractivity contribution in [1.82, 2.24) is 10.2 Å². The van der Waals surface area contributed by atoms with Crippen molar-refractivity contribution in [3.8, 4) is 0 Å². The molecule has 2 heterocycles. The maximum absolute atomic E-state index is 12.1. The van der Waals surface area contributed by atoms with Gasteiger partial charge in [0.1, 0.15) is 0 Å². The van der Waals surface area contributed by atoms with E-state index >= 15 is 0 Å². The summed E-state index contributed by atoms with van der Waals surface area (Å²) in [4.78, 5) is 14.0. The Kier molecular flexibility index (Phi) is 5.01. The third-order valence-corrected chi connectivity index (χ3v) is 4.44. The molecule has 0 aromatic rings. The number of aliphatic hydroxyl groups is 1. The zero-order valence-corrected chi connectivity index (χ0v) is 11.4. The number of hydrogen-bond acceptors (Lipinski definition) is 3. The Morgan fingerprint density at radius 3 is 2.67 bits per heavy atom. The van der Waals surface area contributed by atoms with E-state index in [1.807, 2.05) is 11.8 Å². The van der Waals surface area contributed by atoms with Gasteiger partial charge in [-0.05, 0) is 51.5 Å². The van der Waals surface area contributed by atoms with Crippen molar-refractivity contribution < 1.29 is 9.90 Å². The molecule has 2 rings (SSSR count). The summed E-state index contributed by atoms with van der Waals surface area (Å²) in [5.74, 6) is 0.679. The lowest BCUT2D eigenvalue weighted by Crippen LogP contribution is -2.41. The van der Waals surface area contributed by atoms with E-state index in [1.54, 1.807) is 0 Å². The summed E-state index contributed by atoms with van der Waals surface area (Å²) in [6.45, 7) is 4.62. The minimum absolute atomic E-state index is 0.232. The lowest BCUT2D eigenvalue weighted by Gasteiger charge is -2.33. The largest absolute Gasteiger partial charge is 0.393 e. The number of likely N-dealkylation sites (tertiary alicyclic amines) is 1. The highest BCUT2D eigenvalue weighted by molar-refractivity contribution is 5.76. The fourth-order valence-corrected chi connectivity index (χ4v) is 3.09. The average molecular weight is 254 g/mol. The summed E-state index contributed by atoms with van der Waals surface area (Å²) in [5.41, 5.74) is 0. The molecule has 0 bridgehead atoms. The van der Waals surface area contributed by atoms with Crippen LogP contribution in [-0.2, 0) is 4.79 Å². The summed E-state index contributed by atoms with van der Waals surface area (Å²) < 4.78 is 0. The molecule has 0 saturated carbocycles. The summed E-state index contributed by atoms with van der Waals surface area (Å²) in [5, 5.41) is 13.0. The van der Waals surface area contributed by atoms with E-state index in [9.17, 15) is 9.90 Å². The lowest BCUT2D eigenvalue weighted by molar-refractivity contribution is -0.133. The van der Waals surface area contributed by atoms with Crippen LogP contribution in [0.3, 0.4) is 0 Å². The predicted octanol–water partition coefficient (Wildman–Crippen LogP) is 1.14. The first-order valence-electron chi connectivity index (χ1n) is 7.36. The van der Waals surface area contributed by atoms with Crippen LogP contribution in [0.4, 0.5) is 0 Å². The molecule has 2 aliphatic heterocycles. The minimum atomic E-state index is -0.232. The summed E-state index contributed by atoms with van der Waals surface area (Å²) in [6, 6.07) is 0.559. The predicted molar refractivity (Wildman–Crippen MR) is 71.2 cm³/mol. The topological polar surface area (TPSA) is 52.6 Å². The van der Waals surface area contributed by atoms with Gasteiger partial charge in [0.25, 0.3) is 0 Å². The van der Waals surface area contributed by atoms with Crippen molar-refractivity contribution in [2.45, 2.75) is 57.6 Å². The Labute approximate surface area is 110 Å². The Morgan fingerprint density at radius 2 is 2.11 bits per heavy atom. The van der Waals surface area contributed by atoms with Gasteiger partial charge in [-0.15, -0.1) is 0 Å². The first-order chi connectivity index (χ1) is 8.66. The van der Waals surface area contributed by atoms with Crippen molar-refractivity contribution >= 4 is 5.91 Å². The minimum Gasteiger partial charge on any atom is -0.393 e. The Morgan fingerprint density at radius 1 is 1.39 bits per heavy atom. The number of piperidine rings is 1. The van der Waals surface area contributed by atoms with E-state index in [0.717, 1.165) is 38.9 Å². The van der Waals surface area contributed by atoms with Crippen LogP contribution < -0.4 is 5.32 Å². The molecule has 4 nitrogen and oxygen atoms in total. The molecule has 104 valence electrons. The second kappa shape index (κ2) is 6.53. The fourth-order valence-electron chi connectivity index (χ4n) is 3.09. The maximum Gasteiger partial charge on any atom is 0.222 e. The monoisotopic (exact) mass is 254 g/mol. The van der Waals surface area contributed by atoms with E-state index in [4.69, 9.17) is 0 Å². The number of hydrogen-bond donors (Lipinski definition) is 2. The highest BCUT2D eigenvalue weighted by Gasteiger charge is 2.25. The van der Waals surface area contributed by atoms with E-state index in [-0.39, 0.29) is 6.10 Å². The van der Waals surface area contributed by atoms with Gasteiger partial charge in [0.05, 0.1) is 6.10 Å². The molecule has 2 fully saturated rings. The number of aliphatic hydroxyl groups excluding tert-OH is 1. The SMILES string of the molecule is CC(O)C1CCN(C(=O)CCC2CCCN2)CC1. The highest BCUT2D eigenvalue weighted by atomic mass is 16.3. The number of carbonyl (C=O) groups excluding carboxylic acids is 1. The van der Waals surface area contributed by atoms with Gasteiger partial charge in [-0.1, -0.05) is 0 Å². The molecule has 0 aromatic carbocycles. The van der Waals surface area contributed by atoms with Crippen LogP contribution >= 0.6 is 0 Å². The molecule has 18 heavy (non-hydrogen) atoms. The second-order valence-corrected chi connectivity index (χ2v) is 5.79. The molecule has 0 radical (unpaired) electrons. The molecule has 4 heteroatoms. The summed E-state index contributed by atoms with van der Waals surface area (Å²) in [6.07, 6.45) is 5.79. The van der Waals surface area contributed by atoms with E-state index < -0.39 is 0 Å². The van der Waals surface area contributed by atoms with Crippen LogP contribution in [-0.4, -0.2) is 47.7 Å². The van der Waals surface area contributed by atoms with Gasteiger partial charge in [-0.2, -0.15) is 0 Å². The van der Waals surface area contributed by atoms with Crippen molar-refractivity contribution in [2.24, 2.45) is 5.92 Å². The van der Waals surface area contributed by atoms with Crippen LogP contribution in [0.2, 0.25) is 0 Å². The normalized spacial score (nSPS) is 27.4. The number of carbonyl (C=O) groups is 1. The lowest BCUT2D eigenvalue weighted by atomic mass is 9.92. The van der Waals surface area contributed by atoms with Gasteiger partial charge >= 0.3 is 0 Å². The molecule has 0 spiro atoms. The first kappa shape index (κ1) is 13.8. The smallest absolute Gasteiger partial charge is 0.222 e. The molecule has 1 amide bonds. The Bertz CT molecular complexity index is 267. The number of nitrogens with one attached hydrogen (secondary N) is 1. The van der Waals surface area contributed by atoms with E-state index in [0.29, 0.717) is 24.3 Å². The number of nitrogens with zero attached hydrogens (tertiary/aromatic N) is 1. The zero-order chi connectivity index (χ0) is 13.0. The fraction of sp³-hybridized carbons (Fsp3) is 0.929. The van der Waals surface area contributed by atoms with Crippen LogP contribution in [0.15, 0.2) is 0 Å². The van der Waals surface area contributed by atoms with Gasteiger partial charge in [0, 0.05) is 25.6 Å². The van der Waals surface area contributed by atoms with Crippen molar-refractivity contribution in [3.63, 3.8) is 0 Å². The van der Waals surface area contributed by atoms with Crippen LogP contribution in [0.1, 0.15) is 45.4 Å². The van der Waals surface area contributed by atoms with E-state index in [2.05, 4.69) is 5.32 Å². The number of amides is 1. The van der Waals surface area contributed by atoms with Crippen LogP contribution in [0.5, 0.6) is 0 Å². The van der Waals surface area contributed by atoms with Gasteiger partial charge in [0.15, 0.2) is 0 Å². The van der Waals surface area contributed by atoms with Gasteiger partial charge in [-0.25, -0.2) is 0 Å². The molecule has 2 aliphatic rings. The first-order valence-corrected chi connectivity index (χ1v) is 7.36. The molecule has 0 aliphatic carbocycles. The molecular weight excluding hydrogens is 228 g/mol. The van der Waals surface area contributed by atoms with Crippen molar-refractivity contribution in [2.75, 3.05) is 19.6 Å². The van der Waals surface area contributed by atoms with Gasteiger partial charge < -0.3 is 15.3 Å². The molecule has 2 saturated heterocycles. The molecule has 2 unspecified atom stereocenters. The maximum atomic E-state index is 12.1. The average Bonchev–Trinajstić information content (AvgIpc) is 2.89. The van der Waals surface area contributed by atoms with Crippen molar-refractivity contribution in [1.29, 1.82) is 0 Å². The van der Waals surface area contributed by atoms with Gasteiger partial charge in [-0.3, -0.25) is 4.79 Å².